The van der Waals surface area contributed by atoms with Gasteiger partial charge in [-0.25, -0.2) is 4.79 Å². The van der Waals surface area contributed by atoms with E-state index in [1.807, 2.05) is 12.1 Å². The molecule has 1 aromatic heterocycles. The largest absolute Gasteiger partial charge is 0.633 e. The molecule has 0 saturated heterocycles. The van der Waals surface area contributed by atoms with Gasteiger partial charge in [0.05, 0.1) is 27.2 Å². The van der Waals surface area contributed by atoms with Crippen molar-refractivity contribution in [3.63, 3.8) is 0 Å². The van der Waals surface area contributed by atoms with Gasteiger partial charge in [0.1, 0.15) is 11.3 Å². The lowest BCUT2D eigenvalue weighted by atomic mass is 10.1. The quantitative estimate of drug-likeness (QED) is 0.234. The fourth-order valence-corrected chi connectivity index (χ4v) is 2.98. The molecule has 0 aliphatic carbocycles. The first kappa shape index (κ1) is 20.5. The molecule has 0 amide bonds. The molecule has 144 valence electrons. The number of benzene rings is 1. The van der Waals surface area contributed by atoms with Crippen LogP contribution in [-0.4, -0.2) is 31.9 Å². The Bertz CT molecular complexity index is 718. The van der Waals surface area contributed by atoms with Crippen LogP contribution < -0.4 is 10.4 Å². The summed E-state index contributed by atoms with van der Waals surface area (Å²) in [5.74, 6) is 0.742. The van der Waals surface area contributed by atoms with E-state index in [2.05, 4.69) is 0 Å². The van der Waals surface area contributed by atoms with Crippen LogP contribution in [0, 0.1) is 5.21 Å². The second-order valence-electron chi connectivity index (χ2n) is 7.43. The van der Waals surface area contributed by atoms with E-state index in [0.29, 0.717) is 12.2 Å². The van der Waals surface area contributed by atoms with E-state index in [9.17, 15) is 10.0 Å². The van der Waals surface area contributed by atoms with Crippen LogP contribution in [0.5, 0.6) is 5.75 Å². The Labute approximate surface area is 155 Å². The predicted molar refractivity (Wildman–Crippen MR) is 105 cm³/mol. The first-order valence-corrected chi connectivity index (χ1v) is 9.65. The van der Waals surface area contributed by atoms with Crippen LogP contribution in [0.15, 0.2) is 39.5 Å². The van der Waals surface area contributed by atoms with Crippen LogP contribution in [0.2, 0.25) is 0 Å². The Morgan fingerprint density at radius 2 is 1.54 bits per heavy atom. The second kappa shape index (κ2) is 10.3. The van der Waals surface area contributed by atoms with Gasteiger partial charge in [0, 0.05) is 17.5 Å². The van der Waals surface area contributed by atoms with Crippen LogP contribution in [0.25, 0.3) is 11.0 Å². The van der Waals surface area contributed by atoms with Crippen molar-refractivity contribution >= 4 is 11.0 Å². The highest BCUT2D eigenvalue weighted by Crippen LogP contribution is 2.20. The summed E-state index contributed by atoms with van der Waals surface area (Å²) in [5.41, 5.74) is 0.222. The van der Waals surface area contributed by atoms with Crippen LogP contribution in [-0.2, 0) is 0 Å². The van der Waals surface area contributed by atoms with Gasteiger partial charge in [-0.05, 0) is 37.5 Å². The Kier molecular flexibility index (Phi) is 8.13. The maximum Gasteiger partial charge on any atom is 0.336 e. The molecule has 0 N–H and O–H groups in total. The number of rotatable bonds is 12. The van der Waals surface area contributed by atoms with Crippen LogP contribution >= 0.6 is 0 Å². The summed E-state index contributed by atoms with van der Waals surface area (Å²) in [6.07, 6.45) is 9.30. The molecular formula is C21H31NO4. The molecule has 5 nitrogen and oxygen atoms in total. The van der Waals surface area contributed by atoms with E-state index in [-0.39, 0.29) is 10.3 Å². The van der Waals surface area contributed by atoms with E-state index in [1.54, 1.807) is 26.2 Å². The monoisotopic (exact) mass is 361 g/mol. The molecule has 0 atom stereocenters. The average molecular weight is 361 g/mol. The molecule has 26 heavy (non-hydrogen) atoms. The van der Waals surface area contributed by atoms with Crippen molar-refractivity contribution in [3.8, 4) is 5.75 Å². The van der Waals surface area contributed by atoms with Crippen molar-refractivity contribution in [2.24, 2.45) is 0 Å². The molecule has 0 aliphatic rings. The van der Waals surface area contributed by atoms with Crippen LogP contribution in [0.3, 0.4) is 0 Å². The zero-order valence-electron chi connectivity index (χ0n) is 16.0. The summed E-state index contributed by atoms with van der Waals surface area (Å²) < 4.78 is 10.7. The normalized spacial score (nSPS) is 11.8. The third-order valence-corrected chi connectivity index (χ3v) is 4.45. The number of hydrogen-bond acceptors (Lipinski definition) is 4. The molecule has 2 aromatic rings. The number of nitrogens with zero attached hydrogens (tertiary/aromatic N) is 1. The lowest BCUT2D eigenvalue weighted by molar-refractivity contribution is -0.840. The summed E-state index contributed by atoms with van der Waals surface area (Å²) in [7, 11) is 3.41. The molecule has 0 spiro atoms. The number of hydroxylamine groups is 3. The molecule has 0 bridgehead atoms. The first-order valence-electron chi connectivity index (χ1n) is 9.65. The summed E-state index contributed by atoms with van der Waals surface area (Å²) in [6.45, 7) is 1.40. The van der Waals surface area contributed by atoms with Crippen molar-refractivity contribution in [1.29, 1.82) is 0 Å². The number of ether oxygens (including phenoxy) is 1. The standard InChI is InChI=1S/C21H31NO4/c1-22(2,24)15-9-7-5-3-4-6-8-10-16-25-19-13-11-18-12-14-21(23)26-20(18)17-19/h11-14,17H,3-10,15-16H2,1-2H3. The minimum Gasteiger partial charge on any atom is -0.633 e. The zero-order valence-corrected chi connectivity index (χ0v) is 16.0. The Balaban J connectivity index is 1.51. The summed E-state index contributed by atoms with van der Waals surface area (Å²) >= 11 is 0. The fraction of sp³-hybridized carbons (Fsp3) is 0.571. The van der Waals surface area contributed by atoms with E-state index >= 15 is 0 Å². The van der Waals surface area contributed by atoms with Crippen LogP contribution in [0.4, 0.5) is 0 Å². The van der Waals surface area contributed by atoms with Gasteiger partial charge in [-0.15, -0.1) is 0 Å². The van der Waals surface area contributed by atoms with Crippen molar-refractivity contribution in [3.05, 3.63) is 46.0 Å². The van der Waals surface area contributed by atoms with Crippen LogP contribution in [0.1, 0.15) is 51.4 Å². The Morgan fingerprint density at radius 3 is 2.23 bits per heavy atom. The van der Waals surface area contributed by atoms with Crippen molar-refractivity contribution in [2.75, 3.05) is 27.2 Å². The molecule has 0 saturated carbocycles. The molecule has 1 heterocycles. The molecule has 1 aromatic carbocycles. The third-order valence-electron chi connectivity index (χ3n) is 4.45. The maximum atomic E-state index is 11.4. The van der Waals surface area contributed by atoms with Gasteiger partial charge >= 0.3 is 5.63 Å². The molecule has 0 radical (unpaired) electrons. The molecule has 0 fully saturated rings. The molecule has 5 heteroatoms. The first-order chi connectivity index (χ1) is 12.4. The van der Waals surface area contributed by atoms with Gasteiger partial charge in [-0.3, -0.25) is 0 Å². The van der Waals surface area contributed by atoms with Gasteiger partial charge in [0.2, 0.25) is 0 Å². The van der Waals surface area contributed by atoms with Gasteiger partial charge in [0.15, 0.2) is 0 Å². The lowest BCUT2D eigenvalue weighted by Crippen LogP contribution is -2.32. The fourth-order valence-electron chi connectivity index (χ4n) is 2.98. The maximum absolute atomic E-state index is 11.4. The van der Waals surface area contributed by atoms with Gasteiger partial charge in [-0.1, -0.05) is 32.1 Å². The van der Waals surface area contributed by atoms with Gasteiger partial charge in [-0.2, -0.15) is 0 Å². The highest BCUT2D eigenvalue weighted by molar-refractivity contribution is 5.77. The molecular weight excluding hydrogens is 330 g/mol. The second-order valence-corrected chi connectivity index (χ2v) is 7.43. The third kappa shape index (κ3) is 8.02. The van der Waals surface area contributed by atoms with Crippen molar-refractivity contribution in [2.45, 2.75) is 51.4 Å². The Morgan fingerprint density at radius 1 is 0.923 bits per heavy atom. The number of hydrogen-bond donors (Lipinski definition) is 0. The summed E-state index contributed by atoms with van der Waals surface area (Å²) in [4.78, 5) is 11.3. The SMILES string of the molecule is C[N+](C)([O-])CCCCCCCCCCOc1ccc2ccc(=O)oc2c1. The minimum absolute atomic E-state index is 0.177. The molecule has 0 aliphatic heterocycles. The molecule has 2 rings (SSSR count). The highest BCUT2D eigenvalue weighted by atomic mass is 16.5. The smallest absolute Gasteiger partial charge is 0.336 e. The lowest BCUT2D eigenvalue weighted by Gasteiger charge is -2.33. The predicted octanol–water partition coefficient (Wildman–Crippen LogP) is 4.87. The highest BCUT2D eigenvalue weighted by Gasteiger charge is 2.02. The van der Waals surface area contributed by atoms with E-state index in [1.165, 1.54) is 31.7 Å². The van der Waals surface area contributed by atoms with E-state index in [0.717, 1.165) is 43.4 Å². The Hall–Kier alpha value is -1.85. The van der Waals surface area contributed by atoms with Gasteiger partial charge in [0.25, 0.3) is 0 Å². The topological polar surface area (TPSA) is 62.5 Å². The van der Waals surface area contributed by atoms with Crippen molar-refractivity contribution in [1.82, 2.24) is 0 Å². The number of unbranched alkanes of at least 4 members (excludes halogenated alkanes) is 7. The molecule has 0 unspecified atom stereocenters. The average Bonchev–Trinajstić information content (AvgIpc) is 2.58. The summed E-state index contributed by atoms with van der Waals surface area (Å²) in [6, 6.07) is 8.77. The summed E-state index contributed by atoms with van der Waals surface area (Å²) in [5, 5.41) is 12.3. The number of quaternary nitrogens is 1. The van der Waals surface area contributed by atoms with Gasteiger partial charge < -0.3 is 19.0 Å². The van der Waals surface area contributed by atoms with E-state index < -0.39 is 0 Å². The van der Waals surface area contributed by atoms with E-state index in [4.69, 9.17) is 9.15 Å². The zero-order chi connectivity index (χ0) is 18.8. The number of fused-ring (bicyclic) bond motifs is 1. The minimum atomic E-state index is -0.342. The van der Waals surface area contributed by atoms with Crippen molar-refractivity contribution < 1.29 is 13.8 Å².